The van der Waals surface area contributed by atoms with Gasteiger partial charge in [0.15, 0.2) is 0 Å². The molecule has 90 valence electrons. The summed E-state index contributed by atoms with van der Waals surface area (Å²) in [6.45, 7) is -0.161. The Hall–Kier alpha value is -2.00. The van der Waals surface area contributed by atoms with Gasteiger partial charge in [0.1, 0.15) is 0 Å². The van der Waals surface area contributed by atoms with Crippen LogP contribution in [0, 0.1) is 0 Å². The maximum atomic E-state index is 10.9. The summed E-state index contributed by atoms with van der Waals surface area (Å²) in [7, 11) is 0. The quantitative estimate of drug-likeness (QED) is 0.707. The Balaban J connectivity index is 2.45. The minimum atomic E-state index is -1.10. The van der Waals surface area contributed by atoms with Crippen molar-refractivity contribution in [1.29, 1.82) is 0 Å². The highest BCUT2D eigenvalue weighted by atomic mass is 35.5. The molecule has 0 spiro atoms. The maximum absolute atomic E-state index is 10.9. The summed E-state index contributed by atoms with van der Waals surface area (Å²) < 4.78 is 1.73. The highest BCUT2D eigenvalue weighted by Crippen LogP contribution is 2.30. The number of benzene rings is 2. The van der Waals surface area contributed by atoms with E-state index >= 15 is 0 Å². The minimum absolute atomic E-state index is 0.161. The first-order valence-corrected chi connectivity index (χ1v) is 5.91. The predicted octanol–water partition coefficient (Wildman–Crippen LogP) is 2.20. The molecule has 0 amide bonds. The van der Waals surface area contributed by atoms with E-state index in [0.717, 1.165) is 21.8 Å². The zero-order chi connectivity index (χ0) is 12.7. The van der Waals surface area contributed by atoms with Crippen molar-refractivity contribution in [3.05, 3.63) is 47.5 Å². The van der Waals surface area contributed by atoms with Gasteiger partial charge in [-0.15, -0.1) is 0 Å². The Morgan fingerprint density at radius 3 is 2.61 bits per heavy atom. The molecule has 4 heteroatoms. The first-order valence-electron chi connectivity index (χ1n) is 5.53. The average molecular weight is 259 g/mol. The van der Waals surface area contributed by atoms with Crippen LogP contribution in [-0.4, -0.2) is 10.5 Å². The highest BCUT2D eigenvalue weighted by Gasteiger charge is 2.10. The third-order valence-corrected chi connectivity index (χ3v) is 3.26. The smallest absolute Gasteiger partial charge is 0.0627 e. The van der Waals surface area contributed by atoms with Crippen LogP contribution in [0.3, 0.4) is 0 Å². The van der Waals surface area contributed by atoms with Crippen LogP contribution < -0.4 is 5.11 Å². The number of nitrogens with zero attached hydrogens (tertiary/aromatic N) is 1. The molecule has 0 aliphatic heterocycles. The van der Waals surface area contributed by atoms with Gasteiger partial charge in [-0.25, -0.2) is 0 Å². The fourth-order valence-corrected chi connectivity index (χ4v) is 2.50. The fourth-order valence-electron chi connectivity index (χ4n) is 2.33. The second kappa shape index (κ2) is 4.03. The Labute approximate surface area is 108 Å². The van der Waals surface area contributed by atoms with E-state index in [1.54, 1.807) is 10.6 Å². The number of aliphatic carboxylic acids is 1. The number of hydrogen-bond donors (Lipinski definition) is 0. The molecule has 0 aliphatic carbocycles. The average Bonchev–Trinajstić information content (AvgIpc) is 2.64. The summed E-state index contributed by atoms with van der Waals surface area (Å²) in [5.41, 5.74) is 1.73. The molecule has 3 nitrogen and oxygen atoms in total. The van der Waals surface area contributed by atoms with Crippen LogP contribution in [0.2, 0.25) is 5.02 Å². The largest absolute Gasteiger partial charge is 0.548 e. The lowest BCUT2D eigenvalue weighted by Gasteiger charge is -2.07. The van der Waals surface area contributed by atoms with Gasteiger partial charge in [0.05, 0.1) is 12.5 Å². The number of carbonyl (C=O) groups excluding carboxylic acids is 1. The van der Waals surface area contributed by atoms with Gasteiger partial charge in [0, 0.05) is 26.8 Å². The van der Waals surface area contributed by atoms with Crippen molar-refractivity contribution in [1.82, 2.24) is 4.57 Å². The topological polar surface area (TPSA) is 45.1 Å². The normalized spacial score (nSPS) is 11.2. The molecule has 0 aliphatic rings. The van der Waals surface area contributed by atoms with Crippen molar-refractivity contribution in [2.45, 2.75) is 6.54 Å². The van der Waals surface area contributed by atoms with Crippen molar-refractivity contribution in [3.8, 4) is 0 Å². The van der Waals surface area contributed by atoms with E-state index in [0.29, 0.717) is 5.02 Å². The third kappa shape index (κ3) is 1.64. The molecule has 3 aromatic rings. The van der Waals surface area contributed by atoms with Gasteiger partial charge in [-0.05, 0) is 24.3 Å². The number of halogens is 1. The van der Waals surface area contributed by atoms with Crippen LogP contribution in [0.1, 0.15) is 0 Å². The Bertz CT molecular complexity index is 761. The molecule has 0 saturated heterocycles. The summed E-state index contributed by atoms with van der Waals surface area (Å²) in [4.78, 5) is 10.9. The van der Waals surface area contributed by atoms with E-state index in [2.05, 4.69) is 0 Å². The number of fused-ring (bicyclic) bond motifs is 3. The zero-order valence-electron chi connectivity index (χ0n) is 9.39. The lowest BCUT2D eigenvalue weighted by atomic mass is 10.2. The van der Waals surface area contributed by atoms with Gasteiger partial charge in [-0.2, -0.15) is 0 Å². The summed E-state index contributed by atoms with van der Waals surface area (Å²) >= 11 is 6.00. The molecule has 0 saturated carbocycles. The van der Waals surface area contributed by atoms with E-state index < -0.39 is 5.97 Å². The summed E-state index contributed by atoms with van der Waals surface area (Å²) in [5.74, 6) is -1.10. The van der Waals surface area contributed by atoms with Crippen LogP contribution in [0.15, 0.2) is 42.5 Å². The molecule has 1 aromatic heterocycles. The lowest BCUT2D eigenvalue weighted by molar-refractivity contribution is -0.306. The van der Waals surface area contributed by atoms with E-state index in [4.69, 9.17) is 11.6 Å². The highest BCUT2D eigenvalue weighted by molar-refractivity contribution is 6.31. The molecular formula is C14H9ClNO2-. The number of rotatable bonds is 2. The predicted molar refractivity (Wildman–Crippen MR) is 69.5 cm³/mol. The van der Waals surface area contributed by atoms with Gasteiger partial charge >= 0.3 is 0 Å². The fraction of sp³-hybridized carbons (Fsp3) is 0.0714. The molecule has 0 N–H and O–H groups in total. The number of para-hydroxylation sites is 1. The molecule has 1 heterocycles. The van der Waals surface area contributed by atoms with Gasteiger partial charge in [0.2, 0.25) is 0 Å². The summed E-state index contributed by atoms with van der Waals surface area (Å²) in [6, 6.07) is 13.1. The summed E-state index contributed by atoms with van der Waals surface area (Å²) in [5, 5.41) is 13.5. The molecule has 0 atom stereocenters. The molecule has 0 radical (unpaired) electrons. The minimum Gasteiger partial charge on any atom is -0.548 e. The van der Waals surface area contributed by atoms with E-state index in [1.165, 1.54) is 0 Å². The van der Waals surface area contributed by atoms with E-state index in [1.807, 2.05) is 36.4 Å². The number of carboxylic acid groups (broad SMARTS) is 1. The van der Waals surface area contributed by atoms with E-state index in [9.17, 15) is 9.90 Å². The van der Waals surface area contributed by atoms with Crippen LogP contribution >= 0.6 is 11.6 Å². The Morgan fingerprint density at radius 1 is 1.11 bits per heavy atom. The maximum Gasteiger partial charge on any atom is 0.0627 e. The van der Waals surface area contributed by atoms with Gasteiger partial charge in [0.25, 0.3) is 0 Å². The first kappa shape index (κ1) is 11.1. The van der Waals surface area contributed by atoms with Crippen LogP contribution in [0.25, 0.3) is 21.8 Å². The Morgan fingerprint density at radius 2 is 1.83 bits per heavy atom. The lowest BCUT2D eigenvalue weighted by Crippen LogP contribution is -2.27. The van der Waals surface area contributed by atoms with Crippen molar-refractivity contribution in [3.63, 3.8) is 0 Å². The number of hydrogen-bond acceptors (Lipinski definition) is 2. The standard InChI is InChI=1S/C14H10ClNO2/c15-9-5-6-13-11(7-9)10-3-1-2-4-12(10)16(13)8-14(17)18/h1-7H,8H2,(H,17,18)/p-1. The van der Waals surface area contributed by atoms with Crippen LogP contribution in [0.4, 0.5) is 0 Å². The van der Waals surface area contributed by atoms with Crippen molar-refractivity contribution in [2.75, 3.05) is 0 Å². The third-order valence-electron chi connectivity index (χ3n) is 3.02. The monoisotopic (exact) mass is 258 g/mol. The van der Waals surface area contributed by atoms with Crippen molar-refractivity contribution in [2.24, 2.45) is 0 Å². The van der Waals surface area contributed by atoms with Crippen LogP contribution in [-0.2, 0) is 11.3 Å². The molecular weight excluding hydrogens is 250 g/mol. The van der Waals surface area contributed by atoms with Gasteiger partial charge in [-0.3, -0.25) is 0 Å². The molecule has 18 heavy (non-hydrogen) atoms. The van der Waals surface area contributed by atoms with Crippen molar-refractivity contribution >= 4 is 39.4 Å². The molecule has 0 bridgehead atoms. The van der Waals surface area contributed by atoms with Gasteiger partial charge < -0.3 is 14.5 Å². The van der Waals surface area contributed by atoms with Crippen LogP contribution in [0.5, 0.6) is 0 Å². The second-order valence-electron chi connectivity index (χ2n) is 4.14. The molecule has 0 unspecified atom stereocenters. The molecule has 3 rings (SSSR count). The second-order valence-corrected chi connectivity index (χ2v) is 4.57. The zero-order valence-corrected chi connectivity index (χ0v) is 10.1. The first-order chi connectivity index (χ1) is 8.66. The molecule has 2 aromatic carbocycles. The Kier molecular flexibility index (Phi) is 2.49. The number of aromatic nitrogens is 1. The SMILES string of the molecule is O=C([O-])Cn1c2ccccc2c2cc(Cl)ccc21. The van der Waals surface area contributed by atoms with E-state index in [-0.39, 0.29) is 6.54 Å². The number of carboxylic acids is 1. The molecule has 0 fully saturated rings. The number of carbonyl (C=O) groups is 1. The van der Waals surface area contributed by atoms with Gasteiger partial charge in [-0.1, -0.05) is 29.8 Å². The van der Waals surface area contributed by atoms with Crippen molar-refractivity contribution < 1.29 is 9.90 Å². The summed E-state index contributed by atoms with van der Waals surface area (Å²) in [6.07, 6.45) is 0.